The summed E-state index contributed by atoms with van der Waals surface area (Å²) in [6, 6.07) is 0.494. The summed E-state index contributed by atoms with van der Waals surface area (Å²) in [6.07, 6.45) is 3.94. The van der Waals surface area contributed by atoms with E-state index in [1.165, 1.54) is 0 Å². The monoisotopic (exact) mass is 229 g/mol. The summed E-state index contributed by atoms with van der Waals surface area (Å²) in [4.78, 5) is 2.39. The van der Waals surface area contributed by atoms with Crippen molar-refractivity contribution in [1.82, 2.24) is 4.90 Å². The Balaban J connectivity index is 2.47. The molecule has 96 valence electrons. The highest BCUT2D eigenvalue weighted by molar-refractivity contribution is 4.91. The fourth-order valence-electron chi connectivity index (χ4n) is 2.79. The molecule has 0 radical (unpaired) electrons. The molecule has 1 fully saturated rings. The quantitative estimate of drug-likeness (QED) is 0.731. The molecule has 3 nitrogen and oxygen atoms in total. The Morgan fingerprint density at radius 1 is 1.44 bits per heavy atom. The first-order valence-electron chi connectivity index (χ1n) is 6.34. The Labute approximate surface area is 99.8 Å². The summed E-state index contributed by atoms with van der Waals surface area (Å²) in [5.74, 6) is 0. The number of ether oxygens (including phenoxy) is 1. The second kappa shape index (κ2) is 5.99. The molecule has 0 aromatic carbocycles. The molecular weight excluding hydrogens is 202 g/mol. The zero-order valence-corrected chi connectivity index (χ0v) is 11.2. The molecule has 16 heavy (non-hydrogen) atoms. The van der Waals surface area contributed by atoms with E-state index < -0.39 is 0 Å². The molecule has 0 aromatic rings. The molecule has 1 aliphatic carbocycles. The molecular formula is C13H27NO2. The molecule has 1 saturated carbocycles. The maximum atomic E-state index is 9.78. The standard InChI is InChI=1S/C13H27NO2/c1-13(2)7-6-11(15)10-12(13)14(3)8-5-9-16-4/h11-12,15H,5-10H2,1-4H3. The third-order valence-corrected chi connectivity index (χ3v) is 3.91. The van der Waals surface area contributed by atoms with Crippen LogP contribution in [0.15, 0.2) is 0 Å². The van der Waals surface area contributed by atoms with Crippen LogP contribution in [0.4, 0.5) is 0 Å². The van der Waals surface area contributed by atoms with Gasteiger partial charge in [-0.15, -0.1) is 0 Å². The molecule has 0 aromatic heterocycles. The third kappa shape index (κ3) is 3.72. The number of rotatable bonds is 5. The van der Waals surface area contributed by atoms with Crippen molar-refractivity contribution in [2.45, 2.75) is 51.7 Å². The number of aliphatic hydroxyl groups excluding tert-OH is 1. The molecule has 0 aliphatic heterocycles. The summed E-state index contributed by atoms with van der Waals surface area (Å²) in [5, 5.41) is 9.78. The van der Waals surface area contributed by atoms with Crippen molar-refractivity contribution < 1.29 is 9.84 Å². The van der Waals surface area contributed by atoms with E-state index >= 15 is 0 Å². The number of hydrogen-bond acceptors (Lipinski definition) is 3. The molecule has 0 amide bonds. The van der Waals surface area contributed by atoms with E-state index in [2.05, 4.69) is 25.8 Å². The fourth-order valence-corrected chi connectivity index (χ4v) is 2.79. The SMILES string of the molecule is COCCCN(C)C1CC(O)CCC1(C)C. The summed E-state index contributed by atoms with van der Waals surface area (Å²) in [7, 11) is 3.91. The van der Waals surface area contributed by atoms with Crippen molar-refractivity contribution in [3.05, 3.63) is 0 Å². The van der Waals surface area contributed by atoms with Gasteiger partial charge in [0.1, 0.15) is 0 Å². The molecule has 2 atom stereocenters. The van der Waals surface area contributed by atoms with Gasteiger partial charge in [-0.2, -0.15) is 0 Å². The number of hydrogen-bond donors (Lipinski definition) is 1. The molecule has 2 unspecified atom stereocenters. The number of methoxy groups -OCH3 is 1. The van der Waals surface area contributed by atoms with Gasteiger partial charge in [-0.3, -0.25) is 0 Å². The molecule has 3 heteroatoms. The van der Waals surface area contributed by atoms with E-state index in [1.54, 1.807) is 7.11 Å². The van der Waals surface area contributed by atoms with Gasteiger partial charge in [0.05, 0.1) is 6.10 Å². The van der Waals surface area contributed by atoms with Crippen LogP contribution in [-0.2, 0) is 4.74 Å². The van der Waals surface area contributed by atoms with Gasteiger partial charge in [0.15, 0.2) is 0 Å². The molecule has 0 spiro atoms. The van der Waals surface area contributed by atoms with E-state index in [9.17, 15) is 5.11 Å². The number of nitrogens with zero attached hydrogens (tertiary/aromatic N) is 1. The highest BCUT2D eigenvalue weighted by Crippen LogP contribution is 2.38. The van der Waals surface area contributed by atoms with Gasteiger partial charge in [0, 0.05) is 26.3 Å². The first kappa shape index (κ1) is 13.9. The van der Waals surface area contributed by atoms with E-state index in [-0.39, 0.29) is 6.10 Å². The highest BCUT2D eigenvalue weighted by Gasteiger charge is 2.37. The van der Waals surface area contributed by atoms with Crippen LogP contribution in [0.3, 0.4) is 0 Å². The van der Waals surface area contributed by atoms with Gasteiger partial charge < -0.3 is 14.7 Å². The van der Waals surface area contributed by atoms with E-state index in [0.29, 0.717) is 11.5 Å². The summed E-state index contributed by atoms with van der Waals surface area (Å²) >= 11 is 0. The maximum Gasteiger partial charge on any atom is 0.0555 e. The summed E-state index contributed by atoms with van der Waals surface area (Å²) in [6.45, 7) is 6.50. The Bertz CT molecular complexity index is 206. The van der Waals surface area contributed by atoms with Crippen molar-refractivity contribution in [3.63, 3.8) is 0 Å². The second-order valence-electron chi connectivity index (χ2n) is 5.76. The maximum absolute atomic E-state index is 9.78. The lowest BCUT2D eigenvalue weighted by molar-refractivity contribution is -0.00330. The van der Waals surface area contributed by atoms with Gasteiger partial charge in [0.25, 0.3) is 0 Å². The second-order valence-corrected chi connectivity index (χ2v) is 5.76. The Kier molecular flexibility index (Phi) is 5.22. The third-order valence-electron chi connectivity index (χ3n) is 3.91. The predicted octanol–water partition coefficient (Wildman–Crippen LogP) is 1.89. The van der Waals surface area contributed by atoms with Crippen LogP contribution in [0, 0.1) is 5.41 Å². The molecule has 0 saturated heterocycles. The summed E-state index contributed by atoms with van der Waals surface area (Å²) < 4.78 is 5.08. The Morgan fingerprint density at radius 2 is 2.12 bits per heavy atom. The minimum atomic E-state index is -0.108. The first-order chi connectivity index (χ1) is 7.47. The number of aliphatic hydroxyl groups is 1. The van der Waals surface area contributed by atoms with Crippen molar-refractivity contribution in [2.75, 3.05) is 27.3 Å². The zero-order valence-electron chi connectivity index (χ0n) is 11.2. The van der Waals surface area contributed by atoms with E-state index in [0.717, 1.165) is 38.8 Å². The van der Waals surface area contributed by atoms with Crippen LogP contribution in [-0.4, -0.2) is 49.5 Å². The molecule has 1 rings (SSSR count). The van der Waals surface area contributed by atoms with Gasteiger partial charge >= 0.3 is 0 Å². The minimum Gasteiger partial charge on any atom is -0.393 e. The van der Waals surface area contributed by atoms with Crippen LogP contribution in [0.1, 0.15) is 39.5 Å². The average Bonchev–Trinajstić information content (AvgIpc) is 2.22. The lowest BCUT2D eigenvalue weighted by Gasteiger charge is -2.45. The topological polar surface area (TPSA) is 32.7 Å². The van der Waals surface area contributed by atoms with Crippen molar-refractivity contribution in [2.24, 2.45) is 5.41 Å². The lowest BCUT2D eigenvalue weighted by Crippen LogP contribution is -2.48. The van der Waals surface area contributed by atoms with Crippen LogP contribution >= 0.6 is 0 Å². The molecule has 0 heterocycles. The predicted molar refractivity (Wildman–Crippen MR) is 66.5 cm³/mol. The van der Waals surface area contributed by atoms with Crippen molar-refractivity contribution in [1.29, 1.82) is 0 Å². The van der Waals surface area contributed by atoms with Crippen LogP contribution < -0.4 is 0 Å². The fraction of sp³-hybridized carbons (Fsp3) is 1.00. The zero-order chi connectivity index (χ0) is 12.2. The van der Waals surface area contributed by atoms with Crippen molar-refractivity contribution in [3.8, 4) is 0 Å². The largest absolute Gasteiger partial charge is 0.393 e. The summed E-state index contributed by atoms with van der Waals surface area (Å²) in [5.41, 5.74) is 0.320. The first-order valence-corrected chi connectivity index (χ1v) is 6.34. The molecule has 1 N–H and O–H groups in total. The van der Waals surface area contributed by atoms with Crippen LogP contribution in [0.2, 0.25) is 0 Å². The van der Waals surface area contributed by atoms with Gasteiger partial charge in [-0.05, 0) is 38.1 Å². The molecule has 0 bridgehead atoms. The smallest absolute Gasteiger partial charge is 0.0555 e. The normalized spacial score (nSPS) is 29.6. The van der Waals surface area contributed by atoms with E-state index in [4.69, 9.17) is 4.74 Å². The van der Waals surface area contributed by atoms with Gasteiger partial charge in [0.2, 0.25) is 0 Å². The van der Waals surface area contributed by atoms with E-state index in [1.807, 2.05) is 0 Å². The Morgan fingerprint density at radius 3 is 2.75 bits per heavy atom. The Hall–Kier alpha value is -0.120. The van der Waals surface area contributed by atoms with Crippen LogP contribution in [0.25, 0.3) is 0 Å². The van der Waals surface area contributed by atoms with Gasteiger partial charge in [-0.25, -0.2) is 0 Å². The lowest BCUT2D eigenvalue weighted by atomic mass is 9.71. The average molecular weight is 229 g/mol. The highest BCUT2D eigenvalue weighted by atomic mass is 16.5. The van der Waals surface area contributed by atoms with Crippen LogP contribution in [0.5, 0.6) is 0 Å². The molecule has 1 aliphatic rings. The van der Waals surface area contributed by atoms with Gasteiger partial charge in [-0.1, -0.05) is 13.8 Å². The minimum absolute atomic E-state index is 0.108. The van der Waals surface area contributed by atoms with Crippen molar-refractivity contribution >= 4 is 0 Å².